The fraction of sp³-hybridized carbons (Fsp3) is 0.188. The number of fused-ring (bicyclic) bond motifs is 3. The Labute approximate surface area is 228 Å². The van der Waals surface area contributed by atoms with Gasteiger partial charge in [-0.25, -0.2) is 9.48 Å². The van der Waals surface area contributed by atoms with Crippen molar-refractivity contribution in [2.45, 2.75) is 32.9 Å². The van der Waals surface area contributed by atoms with E-state index in [0.29, 0.717) is 6.54 Å². The molecular formula is C32H31N5O2. The molecule has 1 atom stereocenters. The van der Waals surface area contributed by atoms with Gasteiger partial charge in [0, 0.05) is 17.4 Å². The van der Waals surface area contributed by atoms with Crippen LogP contribution < -0.4 is 10.1 Å². The van der Waals surface area contributed by atoms with Gasteiger partial charge in [-0.05, 0) is 66.9 Å². The molecule has 0 saturated heterocycles. The van der Waals surface area contributed by atoms with Crippen LogP contribution in [0.4, 0.5) is 10.5 Å². The molecule has 0 fully saturated rings. The van der Waals surface area contributed by atoms with Crippen molar-refractivity contribution in [2.75, 3.05) is 12.4 Å². The molecule has 3 aromatic carbocycles. The second-order valence-corrected chi connectivity index (χ2v) is 9.70. The van der Waals surface area contributed by atoms with Crippen LogP contribution in [0.25, 0.3) is 11.5 Å². The van der Waals surface area contributed by atoms with Crippen molar-refractivity contribution in [3.8, 4) is 17.3 Å². The van der Waals surface area contributed by atoms with Gasteiger partial charge in [-0.2, -0.15) is 5.10 Å². The van der Waals surface area contributed by atoms with Crippen molar-refractivity contribution in [3.63, 3.8) is 0 Å². The lowest BCUT2D eigenvalue weighted by atomic mass is 10.0. The summed E-state index contributed by atoms with van der Waals surface area (Å²) in [5.74, 6) is 1.73. The van der Waals surface area contributed by atoms with E-state index in [4.69, 9.17) is 9.84 Å². The molecule has 0 radical (unpaired) electrons. The van der Waals surface area contributed by atoms with Crippen molar-refractivity contribution in [2.24, 2.45) is 0 Å². The molecule has 39 heavy (non-hydrogen) atoms. The number of urea groups is 1. The maximum Gasteiger partial charge on any atom is 0.322 e. The molecule has 2 aromatic heterocycles. The number of methoxy groups -OCH3 is 1. The first kappa shape index (κ1) is 24.6. The number of nitrogens with zero attached hydrogens (tertiary/aromatic N) is 4. The lowest BCUT2D eigenvalue weighted by Gasteiger charge is -2.31. The van der Waals surface area contributed by atoms with Crippen LogP contribution in [-0.4, -0.2) is 32.4 Å². The average Bonchev–Trinajstić information content (AvgIpc) is 3.56. The predicted molar refractivity (Wildman–Crippen MR) is 153 cm³/mol. The molecule has 3 heterocycles. The predicted octanol–water partition coefficient (Wildman–Crippen LogP) is 6.68. The Bertz CT molecular complexity index is 1620. The molecule has 0 spiro atoms. The topological polar surface area (TPSA) is 64.3 Å². The Balaban J connectivity index is 1.55. The summed E-state index contributed by atoms with van der Waals surface area (Å²) >= 11 is 0. The molecule has 1 N–H and O–H groups in total. The highest BCUT2D eigenvalue weighted by molar-refractivity contribution is 5.91. The standard InChI is InChI=1S/C32H31N5O2/c1-4-27-26-21-36(32(38)33-28-14-9-8-11-22(28)2)30(23-16-18-25(39-3)19-17-23)29-15-10-20-35(29)31(26)37(34-27)24-12-6-5-7-13-24/h5-20,30H,4,21H2,1-3H3,(H,33,38). The number of amides is 2. The molecule has 2 amide bonds. The minimum absolute atomic E-state index is 0.166. The molecule has 1 aliphatic rings. The van der Waals surface area contributed by atoms with E-state index in [1.54, 1.807) is 7.11 Å². The van der Waals surface area contributed by atoms with E-state index >= 15 is 0 Å². The molecule has 0 saturated carbocycles. The Hall–Kier alpha value is -4.78. The molecule has 7 heteroatoms. The molecule has 7 nitrogen and oxygen atoms in total. The summed E-state index contributed by atoms with van der Waals surface area (Å²) in [6, 6.07) is 29.6. The summed E-state index contributed by atoms with van der Waals surface area (Å²) in [5.41, 5.74) is 6.78. The maximum absolute atomic E-state index is 14.2. The second-order valence-electron chi connectivity index (χ2n) is 9.70. The zero-order valence-electron chi connectivity index (χ0n) is 22.3. The van der Waals surface area contributed by atoms with Crippen LogP contribution in [0, 0.1) is 6.92 Å². The fourth-order valence-electron chi connectivity index (χ4n) is 5.39. The van der Waals surface area contributed by atoms with E-state index in [9.17, 15) is 4.79 Å². The van der Waals surface area contributed by atoms with Gasteiger partial charge in [-0.3, -0.25) is 0 Å². The summed E-state index contributed by atoms with van der Waals surface area (Å²) < 4.78 is 9.62. The molecule has 1 unspecified atom stereocenters. The zero-order valence-corrected chi connectivity index (χ0v) is 22.3. The summed E-state index contributed by atoms with van der Waals surface area (Å²) in [5, 5.41) is 8.22. The van der Waals surface area contributed by atoms with Crippen molar-refractivity contribution in [1.29, 1.82) is 0 Å². The molecule has 6 rings (SSSR count). The van der Waals surface area contributed by atoms with E-state index in [1.165, 1.54) is 0 Å². The van der Waals surface area contributed by atoms with Crippen molar-refractivity contribution in [3.05, 3.63) is 125 Å². The molecule has 1 aliphatic heterocycles. The van der Waals surface area contributed by atoms with Gasteiger partial charge in [0.05, 0.1) is 36.8 Å². The molecule has 196 valence electrons. The minimum Gasteiger partial charge on any atom is -0.497 e. The Morgan fingerprint density at radius 2 is 1.72 bits per heavy atom. The SMILES string of the molecule is CCc1nn(-c2ccccc2)c2c1CN(C(=O)Nc1ccccc1C)C(c1ccc(OC)cc1)c1cccn1-2. The molecule has 0 aliphatic carbocycles. The van der Waals surface area contributed by atoms with Gasteiger partial charge in [0.25, 0.3) is 0 Å². The van der Waals surface area contributed by atoms with Crippen molar-refractivity contribution in [1.82, 2.24) is 19.2 Å². The van der Waals surface area contributed by atoms with Gasteiger partial charge in [-0.1, -0.05) is 55.5 Å². The first-order valence-corrected chi connectivity index (χ1v) is 13.2. The number of nitrogens with one attached hydrogen (secondary N) is 1. The summed E-state index contributed by atoms with van der Waals surface area (Å²) in [6.45, 7) is 4.51. The number of benzene rings is 3. The number of aromatic nitrogens is 3. The lowest BCUT2D eigenvalue weighted by molar-refractivity contribution is 0.194. The largest absolute Gasteiger partial charge is 0.497 e. The number of aryl methyl sites for hydroxylation is 2. The molecular weight excluding hydrogens is 486 g/mol. The van der Waals surface area contributed by atoms with Crippen LogP contribution in [0.5, 0.6) is 5.75 Å². The highest BCUT2D eigenvalue weighted by atomic mass is 16.5. The lowest BCUT2D eigenvalue weighted by Crippen LogP contribution is -2.38. The van der Waals surface area contributed by atoms with Crippen LogP contribution in [0.1, 0.15) is 41.0 Å². The van der Waals surface area contributed by atoms with Crippen LogP contribution in [0.2, 0.25) is 0 Å². The van der Waals surface area contributed by atoms with Gasteiger partial charge < -0.3 is 19.5 Å². The third-order valence-electron chi connectivity index (χ3n) is 7.38. The maximum atomic E-state index is 14.2. The number of para-hydroxylation sites is 2. The van der Waals surface area contributed by atoms with Crippen LogP contribution in [0.15, 0.2) is 97.2 Å². The quantitative estimate of drug-likeness (QED) is 0.283. The van der Waals surface area contributed by atoms with Gasteiger partial charge in [0.1, 0.15) is 11.6 Å². The first-order chi connectivity index (χ1) is 19.1. The van der Waals surface area contributed by atoms with Gasteiger partial charge in [0.2, 0.25) is 0 Å². The second kappa shape index (κ2) is 10.2. The van der Waals surface area contributed by atoms with Gasteiger partial charge in [0.15, 0.2) is 0 Å². The van der Waals surface area contributed by atoms with Crippen molar-refractivity contribution < 1.29 is 9.53 Å². The number of carbonyl (C=O) groups excluding carboxylic acids is 1. The average molecular weight is 518 g/mol. The summed E-state index contributed by atoms with van der Waals surface area (Å²) in [6.07, 6.45) is 2.81. The smallest absolute Gasteiger partial charge is 0.322 e. The highest BCUT2D eigenvalue weighted by Crippen LogP contribution is 2.39. The first-order valence-electron chi connectivity index (χ1n) is 13.2. The van der Waals surface area contributed by atoms with Crippen LogP contribution in [0.3, 0.4) is 0 Å². The molecule has 5 aromatic rings. The fourth-order valence-corrected chi connectivity index (χ4v) is 5.39. The van der Waals surface area contributed by atoms with Crippen LogP contribution >= 0.6 is 0 Å². The number of anilines is 1. The van der Waals surface area contributed by atoms with E-state index in [-0.39, 0.29) is 12.1 Å². The number of carbonyl (C=O) groups is 1. The van der Waals surface area contributed by atoms with Crippen LogP contribution in [-0.2, 0) is 13.0 Å². The number of hydrogen-bond donors (Lipinski definition) is 1. The Morgan fingerprint density at radius 1 is 0.974 bits per heavy atom. The van der Waals surface area contributed by atoms with E-state index < -0.39 is 0 Å². The van der Waals surface area contributed by atoms with E-state index in [1.807, 2.05) is 89.3 Å². The number of hydrogen-bond acceptors (Lipinski definition) is 3. The third-order valence-corrected chi connectivity index (χ3v) is 7.38. The monoisotopic (exact) mass is 517 g/mol. The zero-order chi connectivity index (χ0) is 26.9. The Morgan fingerprint density at radius 3 is 2.44 bits per heavy atom. The van der Waals surface area contributed by atoms with E-state index in [2.05, 4.69) is 41.2 Å². The van der Waals surface area contributed by atoms with E-state index in [0.717, 1.165) is 57.4 Å². The third kappa shape index (κ3) is 4.36. The number of rotatable bonds is 5. The van der Waals surface area contributed by atoms with Crippen molar-refractivity contribution >= 4 is 11.7 Å². The number of ether oxygens (including phenoxy) is 1. The minimum atomic E-state index is -0.337. The summed E-state index contributed by atoms with van der Waals surface area (Å²) in [7, 11) is 1.66. The highest BCUT2D eigenvalue weighted by Gasteiger charge is 2.36. The summed E-state index contributed by atoms with van der Waals surface area (Å²) in [4.78, 5) is 16.1. The normalized spacial score (nSPS) is 14.3. The van der Waals surface area contributed by atoms with Gasteiger partial charge in [-0.15, -0.1) is 0 Å². The Kier molecular flexibility index (Phi) is 6.40. The molecule has 0 bridgehead atoms. The van der Waals surface area contributed by atoms with Gasteiger partial charge >= 0.3 is 6.03 Å².